The molecule has 21 heavy (non-hydrogen) atoms. The van der Waals surface area contributed by atoms with Gasteiger partial charge in [0.15, 0.2) is 0 Å². The number of hydrogen-bond acceptors (Lipinski definition) is 4. The topological polar surface area (TPSA) is 90.1 Å². The van der Waals surface area contributed by atoms with Gasteiger partial charge in [0, 0.05) is 42.5 Å². The molecule has 2 rings (SSSR count). The molecule has 1 aromatic carbocycles. The Morgan fingerprint density at radius 2 is 2.05 bits per heavy atom. The van der Waals surface area contributed by atoms with E-state index in [1.54, 1.807) is 30.2 Å². The highest BCUT2D eigenvalue weighted by atomic mass is 16.6. The van der Waals surface area contributed by atoms with E-state index in [1.165, 1.54) is 12.1 Å². The summed E-state index contributed by atoms with van der Waals surface area (Å²) in [4.78, 5) is 22.6. The molecule has 1 aromatic heterocycles. The number of nitro groups is 1. The minimum absolute atomic E-state index is 0.0430. The number of benzene rings is 1. The molecule has 7 heteroatoms. The molecule has 0 aliphatic carbocycles. The zero-order chi connectivity index (χ0) is 15.6. The number of aryl methyl sites for hydroxylation is 1. The predicted octanol–water partition coefficient (Wildman–Crippen LogP) is 2.13. The summed E-state index contributed by atoms with van der Waals surface area (Å²) in [6.45, 7) is 3.66. The minimum Gasteiger partial charge on any atom is -0.350 e. The Labute approximate surface area is 121 Å². The Morgan fingerprint density at radius 3 is 2.57 bits per heavy atom. The first kappa shape index (κ1) is 14.7. The third-order valence-corrected chi connectivity index (χ3v) is 2.85. The standard InChI is InChI=1S/C14H16N4O3/c1-9(2)16-14(19)11-4-10(5-13(6-11)18(20)21)12-7-15-17(3)8-12/h4-9H,1-3H3,(H,16,19). The van der Waals surface area contributed by atoms with Crippen LogP contribution in [0, 0.1) is 10.1 Å². The van der Waals surface area contributed by atoms with E-state index >= 15 is 0 Å². The van der Waals surface area contributed by atoms with E-state index in [0.717, 1.165) is 5.56 Å². The van der Waals surface area contributed by atoms with E-state index in [4.69, 9.17) is 0 Å². The Kier molecular flexibility index (Phi) is 4.02. The van der Waals surface area contributed by atoms with Crippen LogP contribution in [-0.2, 0) is 7.05 Å². The Hall–Kier alpha value is -2.70. The van der Waals surface area contributed by atoms with Gasteiger partial charge in [-0.05, 0) is 25.5 Å². The zero-order valence-electron chi connectivity index (χ0n) is 12.0. The summed E-state index contributed by atoms with van der Waals surface area (Å²) in [7, 11) is 1.76. The molecular formula is C14H16N4O3. The summed E-state index contributed by atoms with van der Waals surface area (Å²) in [5.41, 5.74) is 1.45. The molecule has 0 radical (unpaired) electrons. The number of hydrogen-bond donors (Lipinski definition) is 1. The van der Waals surface area contributed by atoms with Crippen molar-refractivity contribution in [1.82, 2.24) is 15.1 Å². The zero-order valence-corrected chi connectivity index (χ0v) is 12.0. The molecule has 0 unspecified atom stereocenters. The smallest absolute Gasteiger partial charge is 0.270 e. The molecule has 0 bridgehead atoms. The highest BCUT2D eigenvalue weighted by molar-refractivity contribution is 5.96. The van der Waals surface area contributed by atoms with Crippen LogP contribution in [0.1, 0.15) is 24.2 Å². The van der Waals surface area contributed by atoms with Crippen molar-refractivity contribution >= 4 is 11.6 Å². The van der Waals surface area contributed by atoms with Gasteiger partial charge in [0.25, 0.3) is 11.6 Å². The summed E-state index contributed by atoms with van der Waals surface area (Å²) in [6.07, 6.45) is 3.34. The number of nitro benzene ring substituents is 1. The van der Waals surface area contributed by atoms with Gasteiger partial charge < -0.3 is 5.32 Å². The highest BCUT2D eigenvalue weighted by Crippen LogP contribution is 2.25. The monoisotopic (exact) mass is 288 g/mol. The van der Waals surface area contributed by atoms with Crippen molar-refractivity contribution in [2.45, 2.75) is 19.9 Å². The minimum atomic E-state index is -0.508. The van der Waals surface area contributed by atoms with Crippen LogP contribution in [0.5, 0.6) is 0 Å². The molecule has 1 amide bonds. The third kappa shape index (κ3) is 3.44. The highest BCUT2D eigenvalue weighted by Gasteiger charge is 2.16. The number of aromatic nitrogens is 2. The van der Waals surface area contributed by atoms with Crippen molar-refractivity contribution in [3.8, 4) is 11.1 Å². The first-order valence-corrected chi connectivity index (χ1v) is 6.46. The van der Waals surface area contributed by atoms with Gasteiger partial charge in [-0.1, -0.05) is 0 Å². The first-order valence-electron chi connectivity index (χ1n) is 6.46. The Morgan fingerprint density at radius 1 is 1.33 bits per heavy atom. The summed E-state index contributed by atoms with van der Waals surface area (Å²) < 4.78 is 1.60. The normalized spacial score (nSPS) is 10.7. The molecule has 0 spiro atoms. The van der Waals surface area contributed by atoms with Crippen molar-refractivity contribution in [3.05, 3.63) is 46.3 Å². The lowest BCUT2D eigenvalue weighted by Gasteiger charge is -2.09. The summed E-state index contributed by atoms with van der Waals surface area (Å²) in [5, 5.41) is 17.8. The number of non-ortho nitro benzene ring substituents is 1. The van der Waals surface area contributed by atoms with Gasteiger partial charge in [-0.25, -0.2) is 0 Å². The molecule has 7 nitrogen and oxygen atoms in total. The quantitative estimate of drug-likeness (QED) is 0.689. The van der Waals surface area contributed by atoms with Crippen LogP contribution in [0.2, 0.25) is 0 Å². The predicted molar refractivity (Wildman–Crippen MR) is 77.9 cm³/mol. The van der Waals surface area contributed by atoms with Gasteiger partial charge in [-0.3, -0.25) is 19.6 Å². The number of carbonyl (C=O) groups excluding carboxylic acids is 1. The van der Waals surface area contributed by atoms with Gasteiger partial charge in [0.2, 0.25) is 0 Å². The van der Waals surface area contributed by atoms with E-state index in [-0.39, 0.29) is 23.2 Å². The fourth-order valence-corrected chi connectivity index (χ4v) is 1.93. The number of nitrogens with one attached hydrogen (secondary N) is 1. The van der Waals surface area contributed by atoms with Crippen LogP contribution in [0.25, 0.3) is 11.1 Å². The Balaban J connectivity index is 2.48. The first-order chi connectivity index (χ1) is 9.86. The lowest BCUT2D eigenvalue weighted by Crippen LogP contribution is -2.30. The maximum Gasteiger partial charge on any atom is 0.270 e. The van der Waals surface area contributed by atoms with E-state index < -0.39 is 4.92 Å². The molecule has 1 N–H and O–H groups in total. The van der Waals surface area contributed by atoms with Gasteiger partial charge in [-0.2, -0.15) is 5.10 Å². The molecule has 0 aliphatic rings. The molecule has 110 valence electrons. The lowest BCUT2D eigenvalue weighted by atomic mass is 10.0. The second kappa shape index (κ2) is 5.74. The largest absolute Gasteiger partial charge is 0.350 e. The maximum absolute atomic E-state index is 12.1. The van der Waals surface area contributed by atoms with Gasteiger partial charge in [0.05, 0.1) is 11.1 Å². The molecule has 2 aromatic rings. The van der Waals surface area contributed by atoms with Crippen LogP contribution in [0.3, 0.4) is 0 Å². The van der Waals surface area contributed by atoms with Gasteiger partial charge in [0.1, 0.15) is 0 Å². The summed E-state index contributed by atoms with van der Waals surface area (Å²) in [5.74, 6) is -0.334. The average molecular weight is 288 g/mol. The van der Waals surface area contributed by atoms with Crippen LogP contribution in [0.15, 0.2) is 30.6 Å². The van der Waals surface area contributed by atoms with E-state index in [1.807, 2.05) is 13.8 Å². The Bertz CT molecular complexity index is 691. The van der Waals surface area contributed by atoms with E-state index in [0.29, 0.717) is 5.56 Å². The lowest BCUT2D eigenvalue weighted by molar-refractivity contribution is -0.384. The van der Waals surface area contributed by atoms with Crippen LogP contribution in [-0.4, -0.2) is 26.7 Å². The molecule has 0 saturated heterocycles. The number of nitrogens with zero attached hydrogens (tertiary/aromatic N) is 3. The molecule has 1 heterocycles. The molecule has 0 aliphatic heterocycles. The van der Waals surface area contributed by atoms with E-state index in [9.17, 15) is 14.9 Å². The van der Waals surface area contributed by atoms with Crippen LogP contribution >= 0.6 is 0 Å². The van der Waals surface area contributed by atoms with Crippen molar-refractivity contribution in [2.75, 3.05) is 0 Å². The average Bonchev–Trinajstić information content (AvgIpc) is 2.84. The second-order valence-electron chi connectivity index (χ2n) is 5.06. The third-order valence-electron chi connectivity index (χ3n) is 2.85. The van der Waals surface area contributed by atoms with Crippen molar-refractivity contribution in [2.24, 2.45) is 7.05 Å². The SMILES string of the molecule is CC(C)NC(=O)c1cc(-c2cnn(C)c2)cc([N+](=O)[O-])c1. The van der Waals surface area contributed by atoms with Crippen molar-refractivity contribution in [3.63, 3.8) is 0 Å². The second-order valence-corrected chi connectivity index (χ2v) is 5.06. The molecule has 0 fully saturated rings. The van der Waals surface area contributed by atoms with Crippen molar-refractivity contribution in [1.29, 1.82) is 0 Å². The fraction of sp³-hybridized carbons (Fsp3) is 0.286. The number of carbonyl (C=O) groups is 1. The fourth-order valence-electron chi connectivity index (χ4n) is 1.93. The number of rotatable bonds is 4. The number of amides is 1. The molecular weight excluding hydrogens is 272 g/mol. The van der Waals surface area contributed by atoms with Crippen LogP contribution < -0.4 is 5.32 Å². The summed E-state index contributed by atoms with van der Waals surface area (Å²) >= 11 is 0. The summed E-state index contributed by atoms with van der Waals surface area (Å²) in [6, 6.07) is 4.29. The maximum atomic E-state index is 12.1. The molecule has 0 saturated carbocycles. The van der Waals surface area contributed by atoms with Gasteiger partial charge >= 0.3 is 0 Å². The molecule has 0 atom stereocenters. The van der Waals surface area contributed by atoms with Crippen LogP contribution in [0.4, 0.5) is 5.69 Å². The van der Waals surface area contributed by atoms with Crippen molar-refractivity contribution < 1.29 is 9.72 Å². The van der Waals surface area contributed by atoms with Gasteiger partial charge in [-0.15, -0.1) is 0 Å². The van der Waals surface area contributed by atoms with E-state index in [2.05, 4.69) is 10.4 Å².